The third kappa shape index (κ3) is 3.99. The Morgan fingerprint density at radius 1 is 1.17 bits per heavy atom. The molecule has 0 atom stereocenters. The van der Waals surface area contributed by atoms with Crippen molar-refractivity contribution < 1.29 is 9.84 Å². The highest BCUT2D eigenvalue weighted by Gasteiger charge is 2.19. The quantitative estimate of drug-likeness (QED) is 0.652. The molecule has 7 heteroatoms. The van der Waals surface area contributed by atoms with Crippen LogP contribution in [0.5, 0.6) is 11.6 Å². The van der Waals surface area contributed by atoms with Gasteiger partial charge in [-0.25, -0.2) is 9.36 Å². The molecule has 0 aliphatic carbocycles. The van der Waals surface area contributed by atoms with Crippen LogP contribution >= 0.6 is 0 Å². The predicted molar refractivity (Wildman–Crippen MR) is 113 cm³/mol. The Morgan fingerprint density at radius 3 is 2.59 bits per heavy atom. The zero-order chi connectivity index (χ0) is 21.1. The van der Waals surface area contributed by atoms with E-state index in [-0.39, 0.29) is 12.1 Å². The van der Waals surface area contributed by atoms with E-state index < -0.39 is 17.1 Å². The number of aryl methyl sites for hydroxylation is 2. The van der Waals surface area contributed by atoms with Crippen LogP contribution in [-0.2, 0) is 6.54 Å². The lowest BCUT2D eigenvalue weighted by Crippen LogP contribution is -2.33. The Kier molecular flexibility index (Phi) is 5.68. The second-order valence-corrected chi connectivity index (χ2v) is 6.80. The third-order valence-electron chi connectivity index (χ3n) is 4.72. The molecule has 2 N–H and O–H groups in total. The minimum atomic E-state index is -0.708. The highest BCUT2D eigenvalue weighted by atomic mass is 16.5. The van der Waals surface area contributed by atoms with Gasteiger partial charge in [-0.3, -0.25) is 14.8 Å². The fourth-order valence-electron chi connectivity index (χ4n) is 3.25. The molecular formula is C22H23N3O4. The third-order valence-corrected chi connectivity index (χ3v) is 4.72. The molecule has 3 aromatic rings. The molecule has 0 bridgehead atoms. The number of aliphatic imine (C=N–C) groups is 1. The van der Waals surface area contributed by atoms with Crippen molar-refractivity contribution >= 4 is 5.71 Å². The van der Waals surface area contributed by atoms with E-state index in [2.05, 4.69) is 9.98 Å². The van der Waals surface area contributed by atoms with E-state index in [1.54, 1.807) is 20.1 Å². The van der Waals surface area contributed by atoms with Crippen molar-refractivity contribution in [3.63, 3.8) is 0 Å². The zero-order valence-electron chi connectivity index (χ0n) is 16.8. The number of nitrogens with one attached hydrogen (secondary N) is 1. The summed E-state index contributed by atoms with van der Waals surface area (Å²) in [4.78, 5) is 31.6. The predicted octanol–water partition coefficient (Wildman–Crippen LogP) is 2.87. The van der Waals surface area contributed by atoms with Crippen molar-refractivity contribution in [2.75, 3.05) is 7.11 Å². The summed E-state index contributed by atoms with van der Waals surface area (Å²) in [7, 11) is 1.58. The van der Waals surface area contributed by atoms with Crippen LogP contribution in [-0.4, -0.2) is 27.5 Å². The minimum Gasteiger partial charge on any atom is -0.496 e. The first-order valence-electron chi connectivity index (χ1n) is 9.12. The smallest absolute Gasteiger partial charge is 0.335 e. The zero-order valence-corrected chi connectivity index (χ0v) is 16.8. The number of hydrogen-bond donors (Lipinski definition) is 2. The average molecular weight is 393 g/mol. The molecule has 0 unspecified atom stereocenters. The Bertz CT molecular complexity index is 1210. The number of rotatable bonds is 5. The molecule has 150 valence electrons. The van der Waals surface area contributed by atoms with Crippen molar-refractivity contribution in [3.05, 3.63) is 85.6 Å². The van der Waals surface area contributed by atoms with Gasteiger partial charge in [0, 0.05) is 5.56 Å². The van der Waals surface area contributed by atoms with Gasteiger partial charge in [0.2, 0.25) is 5.88 Å². The summed E-state index contributed by atoms with van der Waals surface area (Å²) in [5.41, 5.74) is 2.03. The molecule has 0 radical (unpaired) electrons. The first kappa shape index (κ1) is 20.1. The molecule has 29 heavy (non-hydrogen) atoms. The lowest BCUT2D eigenvalue weighted by Gasteiger charge is -2.14. The first-order chi connectivity index (χ1) is 13.8. The average Bonchev–Trinajstić information content (AvgIpc) is 2.67. The number of aromatic nitrogens is 2. The molecule has 7 nitrogen and oxygen atoms in total. The van der Waals surface area contributed by atoms with Crippen LogP contribution in [0.15, 0.2) is 57.0 Å². The lowest BCUT2D eigenvalue weighted by molar-refractivity contribution is 0.410. The van der Waals surface area contributed by atoms with E-state index in [1.165, 1.54) is 0 Å². The van der Waals surface area contributed by atoms with Crippen molar-refractivity contribution in [1.29, 1.82) is 0 Å². The molecule has 0 spiro atoms. The van der Waals surface area contributed by atoms with E-state index in [1.807, 2.05) is 50.2 Å². The number of H-pyrrole nitrogens is 1. The monoisotopic (exact) mass is 393 g/mol. The Hall–Kier alpha value is -3.61. The van der Waals surface area contributed by atoms with Crippen LogP contribution in [0.1, 0.15) is 29.2 Å². The molecule has 0 amide bonds. The highest BCUT2D eigenvalue weighted by Crippen LogP contribution is 2.22. The van der Waals surface area contributed by atoms with Crippen LogP contribution in [0.2, 0.25) is 0 Å². The topological polar surface area (TPSA) is 96.7 Å². The maximum absolute atomic E-state index is 12.4. The number of para-hydroxylation sites is 1. The summed E-state index contributed by atoms with van der Waals surface area (Å²) in [6.07, 6.45) is 0. The van der Waals surface area contributed by atoms with E-state index in [0.717, 1.165) is 21.3 Å². The van der Waals surface area contributed by atoms with Crippen LogP contribution in [0.3, 0.4) is 0 Å². The maximum atomic E-state index is 12.4. The molecule has 0 aliphatic rings. The largest absolute Gasteiger partial charge is 0.496 e. The normalized spacial score (nSPS) is 11.5. The molecule has 0 fully saturated rings. The number of hydrogen-bond acceptors (Lipinski definition) is 5. The van der Waals surface area contributed by atoms with Gasteiger partial charge in [-0.1, -0.05) is 35.9 Å². The van der Waals surface area contributed by atoms with Crippen LogP contribution in [0, 0.1) is 13.8 Å². The SMILES string of the molecule is COc1ccccc1CN=C(C)c1c(O)n(-c2ccc(C)cc2C)c(=O)[nH]c1=O. The fourth-order valence-corrected chi connectivity index (χ4v) is 3.25. The van der Waals surface area contributed by atoms with Crippen molar-refractivity contribution in [2.24, 2.45) is 4.99 Å². The van der Waals surface area contributed by atoms with Crippen molar-refractivity contribution in [2.45, 2.75) is 27.3 Å². The van der Waals surface area contributed by atoms with Crippen molar-refractivity contribution in [1.82, 2.24) is 9.55 Å². The van der Waals surface area contributed by atoms with Gasteiger partial charge in [0.15, 0.2) is 0 Å². The van der Waals surface area contributed by atoms with Crippen LogP contribution in [0.25, 0.3) is 5.69 Å². The van der Waals surface area contributed by atoms with E-state index in [0.29, 0.717) is 17.1 Å². The van der Waals surface area contributed by atoms with Gasteiger partial charge in [-0.05, 0) is 38.5 Å². The first-order valence-corrected chi connectivity index (χ1v) is 9.12. The van der Waals surface area contributed by atoms with Crippen LogP contribution < -0.4 is 16.0 Å². The molecule has 3 rings (SSSR count). The summed E-state index contributed by atoms with van der Waals surface area (Å²) >= 11 is 0. The van der Waals surface area contributed by atoms with Crippen molar-refractivity contribution in [3.8, 4) is 17.3 Å². The standard InChI is InChI=1S/C22H23N3O4/c1-13-9-10-17(14(2)11-13)25-21(27)19(20(26)24-22(25)28)15(3)23-12-16-7-5-6-8-18(16)29-4/h5-11,27H,12H2,1-4H3,(H,24,26,28). The Labute approximate surface area is 168 Å². The number of ether oxygens (including phenoxy) is 1. The molecular weight excluding hydrogens is 370 g/mol. The van der Waals surface area contributed by atoms with Gasteiger partial charge in [-0.15, -0.1) is 0 Å². The second kappa shape index (κ2) is 8.18. The number of aromatic amines is 1. The summed E-state index contributed by atoms with van der Waals surface area (Å²) < 4.78 is 6.41. The maximum Gasteiger partial charge on any atom is 0.335 e. The number of methoxy groups -OCH3 is 1. The Balaban J connectivity index is 2.10. The molecule has 0 aliphatic heterocycles. The molecule has 0 saturated heterocycles. The number of aromatic hydroxyl groups is 1. The fraction of sp³-hybridized carbons (Fsp3) is 0.227. The highest BCUT2D eigenvalue weighted by molar-refractivity contribution is 6.00. The molecule has 2 aromatic carbocycles. The molecule has 1 aromatic heterocycles. The van der Waals surface area contributed by atoms with Gasteiger partial charge in [0.05, 0.1) is 25.1 Å². The van der Waals surface area contributed by atoms with Gasteiger partial charge in [0.25, 0.3) is 5.56 Å². The van der Waals surface area contributed by atoms with Gasteiger partial charge < -0.3 is 9.84 Å². The van der Waals surface area contributed by atoms with Crippen LogP contribution in [0.4, 0.5) is 0 Å². The lowest BCUT2D eigenvalue weighted by atomic mass is 10.1. The number of nitrogens with zero attached hydrogens (tertiary/aromatic N) is 2. The summed E-state index contributed by atoms with van der Waals surface area (Å²) in [6, 6.07) is 12.9. The molecule has 1 heterocycles. The van der Waals surface area contributed by atoms with Gasteiger partial charge in [0.1, 0.15) is 11.3 Å². The minimum absolute atomic E-state index is 0.0422. The van der Waals surface area contributed by atoms with E-state index in [9.17, 15) is 14.7 Å². The summed E-state index contributed by atoms with van der Waals surface area (Å²) in [5, 5.41) is 10.8. The summed E-state index contributed by atoms with van der Waals surface area (Å²) in [5.74, 6) is 0.245. The summed E-state index contributed by atoms with van der Waals surface area (Å²) in [6.45, 7) is 5.65. The molecule has 0 saturated carbocycles. The van der Waals surface area contributed by atoms with Gasteiger partial charge in [-0.2, -0.15) is 0 Å². The van der Waals surface area contributed by atoms with Gasteiger partial charge >= 0.3 is 5.69 Å². The van der Waals surface area contributed by atoms with E-state index >= 15 is 0 Å². The second-order valence-electron chi connectivity index (χ2n) is 6.80. The Morgan fingerprint density at radius 2 is 1.90 bits per heavy atom. The van der Waals surface area contributed by atoms with E-state index in [4.69, 9.17) is 4.74 Å². The number of benzene rings is 2.